The van der Waals surface area contributed by atoms with Gasteiger partial charge in [-0.2, -0.15) is 0 Å². The summed E-state index contributed by atoms with van der Waals surface area (Å²) in [6.07, 6.45) is 0. The molecule has 1 fully saturated rings. The molecule has 0 saturated carbocycles. The smallest absolute Gasteiger partial charge is 0.305 e. The molecule has 1 aromatic heterocycles. The number of ether oxygens (including phenoxy) is 1. The SMILES string of the molecule is O=C(COc1ccccc1C1c2sc(=O)[nH]c2SC2C(=O)N(c3ccccc3)C(=O)C21)Nc1ccc2ccccc2c1. The third kappa shape index (κ3) is 4.58. The number of thiazole rings is 1. The zero-order chi connectivity index (χ0) is 28.8. The first kappa shape index (κ1) is 26.2. The maximum atomic E-state index is 13.9. The topological polar surface area (TPSA) is 109 Å². The van der Waals surface area contributed by atoms with E-state index in [2.05, 4.69) is 10.3 Å². The highest BCUT2D eigenvalue weighted by Crippen LogP contribution is 2.54. The van der Waals surface area contributed by atoms with E-state index in [4.69, 9.17) is 4.74 Å². The van der Waals surface area contributed by atoms with Crippen molar-refractivity contribution in [2.75, 3.05) is 16.8 Å². The van der Waals surface area contributed by atoms with E-state index in [9.17, 15) is 19.2 Å². The molecule has 0 bridgehead atoms. The molecule has 2 N–H and O–H groups in total. The van der Waals surface area contributed by atoms with Crippen molar-refractivity contribution in [1.82, 2.24) is 4.98 Å². The lowest BCUT2D eigenvalue weighted by atomic mass is 9.82. The van der Waals surface area contributed by atoms with Crippen molar-refractivity contribution < 1.29 is 19.1 Å². The lowest BCUT2D eigenvalue weighted by molar-refractivity contribution is -0.122. The molecule has 3 unspecified atom stereocenters. The number of carbonyl (C=O) groups excluding carboxylic acids is 3. The van der Waals surface area contributed by atoms with E-state index in [-0.39, 0.29) is 29.2 Å². The number of fused-ring (bicyclic) bond motifs is 3. The van der Waals surface area contributed by atoms with Crippen molar-refractivity contribution >= 4 is 63.0 Å². The zero-order valence-corrected chi connectivity index (χ0v) is 23.6. The molecule has 5 aromatic rings. The van der Waals surface area contributed by atoms with Gasteiger partial charge in [0.05, 0.1) is 16.6 Å². The van der Waals surface area contributed by atoms with Crippen LogP contribution in [0.2, 0.25) is 0 Å². The van der Waals surface area contributed by atoms with Crippen molar-refractivity contribution in [3.05, 3.63) is 117 Å². The van der Waals surface area contributed by atoms with Crippen molar-refractivity contribution in [2.45, 2.75) is 16.2 Å². The summed E-state index contributed by atoms with van der Waals surface area (Å²) in [6.45, 7) is -0.265. The van der Waals surface area contributed by atoms with Crippen LogP contribution in [0, 0.1) is 5.92 Å². The fourth-order valence-electron chi connectivity index (χ4n) is 5.66. The number of nitrogens with zero attached hydrogens (tertiary/aromatic N) is 1. The molecule has 4 aromatic carbocycles. The Morgan fingerprint density at radius 2 is 1.60 bits per heavy atom. The molecule has 208 valence electrons. The molecule has 42 heavy (non-hydrogen) atoms. The molecule has 2 aliphatic heterocycles. The average Bonchev–Trinajstić information content (AvgIpc) is 3.50. The fraction of sp³-hybridized carbons (Fsp3) is 0.125. The molecule has 8 nitrogen and oxygen atoms in total. The summed E-state index contributed by atoms with van der Waals surface area (Å²) in [7, 11) is 0. The Morgan fingerprint density at radius 1 is 0.857 bits per heavy atom. The van der Waals surface area contributed by atoms with Gasteiger partial charge in [0.15, 0.2) is 6.61 Å². The number of anilines is 2. The summed E-state index contributed by atoms with van der Waals surface area (Å²) in [4.78, 5) is 57.4. The van der Waals surface area contributed by atoms with E-state index in [0.717, 1.165) is 22.1 Å². The second-order valence-corrected chi connectivity index (χ2v) is 12.2. The van der Waals surface area contributed by atoms with Gasteiger partial charge in [-0.05, 0) is 41.1 Å². The average molecular weight is 594 g/mol. The number of hydrogen-bond donors (Lipinski definition) is 2. The van der Waals surface area contributed by atoms with Gasteiger partial charge in [-0.15, -0.1) is 0 Å². The fourth-order valence-corrected chi connectivity index (χ4v) is 8.17. The van der Waals surface area contributed by atoms with Gasteiger partial charge in [-0.3, -0.25) is 19.2 Å². The highest BCUT2D eigenvalue weighted by molar-refractivity contribution is 8.00. The Hall–Kier alpha value is -4.67. The van der Waals surface area contributed by atoms with Crippen LogP contribution in [0.25, 0.3) is 10.8 Å². The van der Waals surface area contributed by atoms with Gasteiger partial charge >= 0.3 is 4.87 Å². The third-order valence-electron chi connectivity index (χ3n) is 7.48. The van der Waals surface area contributed by atoms with Crippen molar-refractivity contribution in [2.24, 2.45) is 5.92 Å². The largest absolute Gasteiger partial charge is 0.483 e. The van der Waals surface area contributed by atoms with Crippen LogP contribution in [0.5, 0.6) is 5.75 Å². The van der Waals surface area contributed by atoms with Crippen LogP contribution in [0.3, 0.4) is 0 Å². The standard InChI is InChI=1S/C32H23N3O5S2/c36-24(33-20-15-14-18-8-4-5-9-19(18)16-20)17-40-23-13-7-6-12-22(23)25-26-28(41-29-27(25)42-32(39)34-29)31(38)35(30(26)37)21-10-2-1-3-11-21/h1-16,25-26,28H,17H2,(H,33,36)(H,34,39). The normalized spacial score (nSPS) is 19.4. The van der Waals surface area contributed by atoms with Crippen LogP contribution >= 0.6 is 23.1 Å². The number of nitrogens with one attached hydrogen (secondary N) is 2. The van der Waals surface area contributed by atoms with Crippen LogP contribution in [0.15, 0.2) is 107 Å². The summed E-state index contributed by atoms with van der Waals surface area (Å²) < 4.78 is 6.04. The van der Waals surface area contributed by atoms with Crippen molar-refractivity contribution in [3.63, 3.8) is 0 Å². The molecular formula is C32H23N3O5S2. The summed E-state index contributed by atoms with van der Waals surface area (Å²) in [5.74, 6) is -1.95. The van der Waals surface area contributed by atoms with Gasteiger partial charge in [0.1, 0.15) is 11.0 Å². The first-order valence-electron chi connectivity index (χ1n) is 13.3. The molecule has 0 spiro atoms. The number of amides is 3. The highest BCUT2D eigenvalue weighted by atomic mass is 32.2. The van der Waals surface area contributed by atoms with Gasteiger partial charge in [-0.1, -0.05) is 89.8 Å². The van der Waals surface area contributed by atoms with Crippen LogP contribution in [-0.2, 0) is 14.4 Å². The predicted octanol–water partition coefficient (Wildman–Crippen LogP) is 5.40. The molecule has 10 heteroatoms. The third-order valence-corrected chi connectivity index (χ3v) is 9.89. The van der Waals surface area contributed by atoms with Crippen LogP contribution in [-0.4, -0.2) is 34.6 Å². The van der Waals surface area contributed by atoms with Gasteiger partial charge < -0.3 is 15.0 Å². The van der Waals surface area contributed by atoms with Crippen LogP contribution < -0.4 is 19.8 Å². The first-order chi connectivity index (χ1) is 20.5. The zero-order valence-electron chi connectivity index (χ0n) is 22.0. The Balaban J connectivity index is 1.19. The summed E-state index contributed by atoms with van der Waals surface area (Å²) in [5, 5.41) is 4.82. The lowest BCUT2D eigenvalue weighted by Crippen LogP contribution is -2.32. The van der Waals surface area contributed by atoms with E-state index in [1.54, 1.807) is 36.4 Å². The van der Waals surface area contributed by atoms with Crippen LogP contribution in [0.1, 0.15) is 16.4 Å². The number of rotatable bonds is 6. The number of carbonyl (C=O) groups is 3. The number of benzene rings is 4. The maximum absolute atomic E-state index is 13.9. The Morgan fingerprint density at radius 3 is 2.43 bits per heavy atom. The summed E-state index contributed by atoms with van der Waals surface area (Å²) in [6, 6.07) is 29.6. The maximum Gasteiger partial charge on any atom is 0.305 e. The Bertz CT molecular complexity index is 1920. The number of thioether (sulfide) groups is 1. The monoisotopic (exact) mass is 593 g/mol. The van der Waals surface area contributed by atoms with E-state index >= 15 is 0 Å². The van der Waals surface area contributed by atoms with Gasteiger partial charge in [0.25, 0.3) is 5.91 Å². The molecule has 3 atom stereocenters. The van der Waals surface area contributed by atoms with E-state index in [1.165, 1.54) is 16.7 Å². The molecular weight excluding hydrogens is 571 g/mol. The molecule has 1 saturated heterocycles. The quantitative estimate of drug-likeness (QED) is 0.255. The van der Waals surface area contributed by atoms with Gasteiger partial charge in [0, 0.05) is 22.0 Å². The van der Waals surface area contributed by atoms with Crippen molar-refractivity contribution in [1.29, 1.82) is 0 Å². The number of para-hydroxylation sites is 2. The second-order valence-electron chi connectivity index (χ2n) is 10.0. The van der Waals surface area contributed by atoms with Gasteiger partial charge in [0.2, 0.25) is 11.8 Å². The molecule has 0 aliphatic carbocycles. The first-order valence-corrected chi connectivity index (χ1v) is 15.0. The molecule has 3 amide bonds. The number of aromatic nitrogens is 1. The minimum Gasteiger partial charge on any atom is -0.483 e. The van der Waals surface area contributed by atoms with Gasteiger partial charge in [-0.25, -0.2) is 4.90 Å². The summed E-state index contributed by atoms with van der Waals surface area (Å²) in [5.41, 5.74) is 1.80. The lowest BCUT2D eigenvalue weighted by Gasteiger charge is -2.30. The second kappa shape index (κ2) is 10.6. The van der Waals surface area contributed by atoms with E-state index in [1.807, 2.05) is 60.7 Å². The molecule has 7 rings (SSSR count). The number of hydrogen-bond acceptors (Lipinski definition) is 7. The van der Waals surface area contributed by atoms with E-state index < -0.39 is 17.1 Å². The Kier molecular flexibility index (Phi) is 6.64. The number of imide groups is 1. The molecule has 3 heterocycles. The Labute approximate surface area is 248 Å². The van der Waals surface area contributed by atoms with Crippen LogP contribution in [0.4, 0.5) is 11.4 Å². The van der Waals surface area contributed by atoms with Crippen molar-refractivity contribution in [3.8, 4) is 5.75 Å². The predicted molar refractivity (Wildman–Crippen MR) is 163 cm³/mol. The molecule has 0 radical (unpaired) electrons. The van der Waals surface area contributed by atoms with E-state index in [0.29, 0.717) is 32.6 Å². The summed E-state index contributed by atoms with van der Waals surface area (Å²) >= 11 is 2.25. The highest BCUT2D eigenvalue weighted by Gasteiger charge is 2.56. The minimum absolute atomic E-state index is 0.259. The minimum atomic E-state index is -0.752. The number of H-pyrrole nitrogens is 1. The molecule has 2 aliphatic rings. The number of aromatic amines is 1.